The fourth-order valence-corrected chi connectivity index (χ4v) is 2.49. The van der Waals surface area contributed by atoms with Crippen molar-refractivity contribution in [2.45, 2.75) is 13.0 Å². The molecule has 1 atom stereocenters. The third kappa shape index (κ3) is 2.51. The second-order valence-electron chi connectivity index (χ2n) is 4.82. The van der Waals surface area contributed by atoms with Crippen molar-refractivity contribution in [1.29, 1.82) is 0 Å². The molecule has 0 aliphatic carbocycles. The maximum absolute atomic E-state index is 12.1. The summed E-state index contributed by atoms with van der Waals surface area (Å²) in [6.45, 7) is 2.95. The number of hydrogen-bond acceptors (Lipinski definition) is 3. The highest BCUT2D eigenvalue weighted by Crippen LogP contribution is 2.34. The van der Waals surface area contributed by atoms with E-state index in [1.165, 1.54) is 0 Å². The van der Waals surface area contributed by atoms with E-state index in [0.717, 1.165) is 16.9 Å². The molecule has 0 radical (unpaired) electrons. The molecule has 5 heteroatoms. The Balaban J connectivity index is 2.32. The number of aliphatic hydroxyl groups excluding tert-OH is 1. The van der Waals surface area contributed by atoms with Crippen molar-refractivity contribution in [2.75, 3.05) is 33.9 Å². The number of urea groups is 1. The fraction of sp³-hybridized carbons (Fsp3) is 0.500. The van der Waals surface area contributed by atoms with Crippen molar-refractivity contribution in [1.82, 2.24) is 9.80 Å². The minimum Gasteiger partial charge on any atom is -0.496 e. The molecule has 0 aromatic heterocycles. The van der Waals surface area contributed by atoms with Gasteiger partial charge in [-0.2, -0.15) is 0 Å². The minimum atomic E-state index is -0.0531. The van der Waals surface area contributed by atoms with Crippen LogP contribution in [-0.4, -0.2) is 54.8 Å². The average molecular weight is 264 g/mol. The molecule has 5 nitrogen and oxygen atoms in total. The van der Waals surface area contributed by atoms with Crippen LogP contribution < -0.4 is 4.74 Å². The number of carbonyl (C=O) groups excluding carboxylic acids is 1. The predicted octanol–water partition coefficient (Wildman–Crippen LogP) is 1.40. The van der Waals surface area contributed by atoms with Crippen LogP contribution in [0.15, 0.2) is 18.2 Å². The molecule has 1 unspecified atom stereocenters. The van der Waals surface area contributed by atoms with Gasteiger partial charge in [-0.1, -0.05) is 17.7 Å². The SMILES string of the molecule is COc1ccc(C)cc1C1CN(CCO)C(=O)N1C. The number of methoxy groups -OCH3 is 1. The minimum absolute atomic E-state index is 0.0166. The van der Waals surface area contributed by atoms with Gasteiger partial charge in [-0.05, 0) is 13.0 Å². The lowest BCUT2D eigenvalue weighted by Crippen LogP contribution is -2.31. The van der Waals surface area contributed by atoms with Crippen molar-refractivity contribution in [3.8, 4) is 5.75 Å². The fourth-order valence-electron chi connectivity index (χ4n) is 2.49. The summed E-state index contributed by atoms with van der Waals surface area (Å²) in [5, 5.41) is 9.00. The molecule has 1 aliphatic heterocycles. The van der Waals surface area contributed by atoms with Crippen LogP contribution >= 0.6 is 0 Å². The summed E-state index contributed by atoms with van der Waals surface area (Å²) in [7, 11) is 3.42. The summed E-state index contributed by atoms with van der Waals surface area (Å²) in [5.41, 5.74) is 2.15. The highest BCUT2D eigenvalue weighted by atomic mass is 16.5. The Kier molecular flexibility index (Phi) is 3.95. The van der Waals surface area contributed by atoms with E-state index in [1.54, 1.807) is 24.0 Å². The molecule has 2 amide bonds. The number of hydrogen-bond donors (Lipinski definition) is 1. The van der Waals surface area contributed by atoms with Crippen LogP contribution in [0.4, 0.5) is 4.79 Å². The van der Waals surface area contributed by atoms with E-state index in [0.29, 0.717) is 13.1 Å². The summed E-state index contributed by atoms with van der Waals surface area (Å²) in [6.07, 6.45) is 0. The number of β-amino-alcohol motifs (C(OH)–C–C–N with tert-alkyl or cyclic N) is 1. The molecule has 0 saturated carbocycles. The molecule has 1 saturated heterocycles. The number of aryl methyl sites for hydroxylation is 1. The molecule has 1 fully saturated rings. The lowest BCUT2D eigenvalue weighted by Gasteiger charge is -2.20. The normalized spacial score (nSPS) is 19.2. The Labute approximate surface area is 113 Å². The van der Waals surface area contributed by atoms with E-state index in [2.05, 4.69) is 6.07 Å². The van der Waals surface area contributed by atoms with Gasteiger partial charge in [0, 0.05) is 25.7 Å². The highest BCUT2D eigenvalue weighted by Gasteiger charge is 2.36. The molecule has 104 valence electrons. The van der Waals surface area contributed by atoms with Gasteiger partial charge in [0.15, 0.2) is 0 Å². The largest absolute Gasteiger partial charge is 0.496 e. The molecule has 1 aliphatic rings. The summed E-state index contributed by atoms with van der Waals surface area (Å²) in [5.74, 6) is 0.793. The second-order valence-corrected chi connectivity index (χ2v) is 4.82. The molecule has 1 heterocycles. The zero-order valence-electron chi connectivity index (χ0n) is 11.6. The van der Waals surface area contributed by atoms with E-state index < -0.39 is 0 Å². The first kappa shape index (κ1) is 13.7. The Hall–Kier alpha value is -1.75. The van der Waals surface area contributed by atoms with Gasteiger partial charge in [0.05, 0.1) is 19.8 Å². The first-order chi connectivity index (χ1) is 9.08. The molecule has 0 bridgehead atoms. The molecule has 1 aromatic rings. The van der Waals surface area contributed by atoms with Crippen molar-refractivity contribution in [3.63, 3.8) is 0 Å². The third-order valence-electron chi connectivity index (χ3n) is 3.55. The number of aliphatic hydroxyl groups is 1. The number of ether oxygens (including phenoxy) is 1. The smallest absolute Gasteiger partial charge is 0.320 e. The summed E-state index contributed by atoms with van der Waals surface area (Å²) in [4.78, 5) is 15.4. The van der Waals surface area contributed by atoms with Crippen LogP contribution in [0.1, 0.15) is 17.2 Å². The first-order valence-electron chi connectivity index (χ1n) is 6.35. The lowest BCUT2D eigenvalue weighted by atomic mass is 10.0. The maximum Gasteiger partial charge on any atom is 0.320 e. The van der Waals surface area contributed by atoms with E-state index in [1.807, 2.05) is 19.1 Å². The number of likely N-dealkylation sites (N-methyl/N-ethyl adjacent to an activating group) is 1. The van der Waals surface area contributed by atoms with Crippen molar-refractivity contribution < 1.29 is 14.6 Å². The maximum atomic E-state index is 12.1. The zero-order chi connectivity index (χ0) is 14.0. The number of nitrogens with zero attached hydrogens (tertiary/aromatic N) is 2. The van der Waals surface area contributed by atoms with E-state index >= 15 is 0 Å². The lowest BCUT2D eigenvalue weighted by molar-refractivity contribution is 0.182. The highest BCUT2D eigenvalue weighted by molar-refractivity contribution is 5.77. The third-order valence-corrected chi connectivity index (χ3v) is 3.55. The topological polar surface area (TPSA) is 53.0 Å². The van der Waals surface area contributed by atoms with Crippen molar-refractivity contribution in [3.05, 3.63) is 29.3 Å². The Morgan fingerprint density at radius 1 is 1.47 bits per heavy atom. The zero-order valence-corrected chi connectivity index (χ0v) is 11.6. The monoisotopic (exact) mass is 264 g/mol. The van der Waals surface area contributed by atoms with Gasteiger partial charge < -0.3 is 19.6 Å². The molecule has 1 aromatic carbocycles. The molecule has 0 spiro atoms. The number of carbonyl (C=O) groups is 1. The second kappa shape index (κ2) is 5.48. The van der Waals surface area contributed by atoms with Gasteiger partial charge in [-0.25, -0.2) is 4.79 Å². The number of amides is 2. The summed E-state index contributed by atoms with van der Waals surface area (Å²) >= 11 is 0. The van der Waals surface area contributed by atoms with E-state index in [9.17, 15) is 4.79 Å². The summed E-state index contributed by atoms with van der Waals surface area (Å²) in [6, 6.07) is 5.88. The first-order valence-corrected chi connectivity index (χ1v) is 6.35. The molecule has 2 rings (SSSR count). The Bertz CT molecular complexity index is 476. The van der Waals surface area contributed by atoms with Crippen LogP contribution in [0.2, 0.25) is 0 Å². The Morgan fingerprint density at radius 3 is 2.84 bits per heavy atom. The van der Waals surface area contributed by atoms with Crippen LogP contribution in [0, 0.1) is 6.92 Å². The van der Waals surface area contributed by atoms with E-state index in [4.69, 9.17) is 9.84 Å². The molecule has 19 heavy (non-hydrogen) atoms. The van der Waals surface area contributed by atoms with Crippen molar-refractivity contribution in [2.24, 2.45) is 0 Å². The van der Waals surface area contributed by atoms with Gasteiger partial charge >= 0.3 is 6.03 Å². The standard InChI is InChI=1S/C14H20N2O3/c1-10-4-5-13(19-3)11(8-10)12-9-16(6-7-17)14(18)15(12)2/h4-5,8,12,17H,6-7,9H2,1-3H3. The molecular formula is C14H20N2O3. The molecular weight excluding hydrogens is 244 g/mol. The predicted molar refractivity (Wildman–Crippen MR) is 72.3 cm³/mol. The van der Waals surface area contributed by atoms with Crippen molar-refractivity contribution >= 4 is 6.03 Å². The summed E-state index contributed by atoms with van der Waals surface area (Å²) < 4.78 is 5.39. The van der Waals surface area contributed by atoms with Crippen LogP contribution in [0.5, 0.6) is 5.75 Å². The van der Waals surface area contributed by atoms with Gasteiger partial charge in [0.1, 0.15) is 5.75 Å². The van der Waals surface area contributed by atoms with Crippen LogP contribution in [0.25, 0.3) is 0 Å². The number of rotatable bonds is 4. The van der Waals surface area contributed by atoms with Gasteiger partial charge in [0.25, 0.3) is 0 Å². The van der Waals surface area contributed by atoms with Gasteiger partial charge in [0.2, 0.25) is 0 Å². The van der Waals surface area contributed by atoms with Gasteiger partial charge in [-0.15, -0.1) is 0 Å². The van der Waals surface area contributed by atoms with E-state index in [-0.39, 0.29) is 18.7 Å². The quantitative estimate of drug-likeness (QED) is 0.894. The van der Waals surface area contributed by atoms with Gasteiger partial charge in [-0.3, -0.25) is 0 Å². The molecule has 1 N–H and O–H groups in total. The average Bonchev–Trinajstić information content (AvgIpc) is 2.67. The van der Waals surface area contributed by atoms with Crippen LogP contribution in [0.3, 0.4) is 0 Å². The Morgan fingerprint density at radius 2 is 2.21 bits per heavy atom. The number of benzene rings is 1. The van der Waals surface area contributed by atoms with Crippen LogP contribution in [-0.2, 0) is 0 Å².